The van der Waals surface area contributed by atoms with Gasteiger partial charge in [0.05, 0.1) is 23.7 Å². The zero-order chi connectivity index (χ0) is 15.1. The second kappa shape index (κ2) is 7.41. The molecule has 0 N–H and O–H groups in total. The number of benzene rings is 1. The maximum absolute atomic E-state index is 12.1. The number of carbonyl (C=O) groups is 1. The van der Waals surface area contributed by atoms with Crippen LogP contribution < -0.4 is 4.74 Å². The van der Waals surface area contributed by atoms with Crippen molar-refractivity contribution in [2.75, 3.05) is 13.6 Å². The van der Waals surface area contributed by atoms with Crippen molar-refractivity contribution < 1.29 is 9.53 Å². The number of hydrogen-bond donors (Lipinski definition) is 0. The highest BCUT2D eigenvalue weighted by molar-refractivity contribution is 7.07. The molecule has 0 saturated carbocycles. The lowest BCUT2D eigenvalue weighted by atomic mass is 10.2. The van der Waals surface area contributed by atoms with Crippen molar-refractivity contribution in [3.63, 3.8) is 0 Å². The Morgan fingerprint density at radius 3 is 2.81 bits per heavy atom. The van der Waals surface area contributed by atoms with Crippen LogP contribution in [-0.4, -0.2) is 29.4 Å². The van der Waals surface area contributed by atoms with Gasteiger partial charge in [-0.15, -0.1) is 11.3 Å². The Bertz CT molecular complexity index is 617. The number of ether oxygens (including phenoxy) is 1. The number of amides is 1. The van der Waals surface area contributed by atoms with Crippen molar-refractivity contribution in [3.8, 4) is 11.8 Å². The van der Waals surface area contributed by atoms with Crippen molar-refractivity contribution >= 4 is 17.2 Å². The van der Waals surface area contributed by atoms with E-state index in [4.69, 9.17) is 10.00 Å². The van der Waals surface area contributed by atoms with Crippen molar-refractivity contribution in [1.82, 2.24) is 9.88 Å². The number of thiazole rings is 1. The van der Waals surface area contributed by atoms with E-state index in [2.05, 4.69) is 4.98 Å². The van der Waals surface area contributed by atoms with E-state index in [9.17, 15) is 4.79 Å². The monoisotopic (exact) mass is 301 g/mol. The standard InChI is InChI=1S/C15H15N3O2S/c1-18(8-2-7-16)15(19)12-3-5-14(6-4-12)20-9-13-10-21-11-17-13/h3-6,10-11H,2,8-9H2,1H3. The van der Waals surface area contributed by atoms with Gasteiger partial charge in [0, 0.05) is 24.5 Å². The molecule has 0 atom stereocenters. The van der Waals surface area contributed by atoms with Crippen LogP contribution in [0.5, 0.6) is 5.75 Å². The van der Waals surface area contributed by atoms with Crippen LogP contribution in [0, 0.1) is 11.3 Å². The van der Waals surface area contributed by atoms with Crippen LogP contribution in [0.1, 0.15) is 22.5 Å². The molecule has 0 spiro atoms. The number of carbonyl (C=O) groups excluding carboxylic acids is 1. The molecule has 2 rings (SSSR count). The highest BCUT2D eigenvalue weighted by Gasteiger charge is 2.11. The molecule has 0 saturated heterocycles. The lowest BCUT2D eigenvalue weighted by Crippen LogP contribution is -2.27. The Labute approximate surface area is 127 Å². The molecule has 0 aliphatic carbocycles. The third-order valence-corrected chi connectivity index (χ3v) is 3.51. The van der Waals surface area contributed by atoms with Crippen LogP contribution >= 0.6 is 11.3 Å². The van der Waals surface area contributed by atoms with E-state index < -0.39 is 0 Å². The van der Waals surface area contributed by atoms with E-state index in [0.29, 0.717) is 30.9 Å². The number of nitrogens with zero attached hydrogens (tertiary/aromatic N) is 3. The quantitative estimate of drug-likeness (QED) is 0.823. The van der Waals surface area contributed by atoms with E-state index in [1.807, 2.05) is 11.4 Å². The Balaban J connectivity index is 1.92. The van der Waals surface area contributed by atoms with Gasteiger partial charge in [-0.1, -0.05) is 0 Å². The summed E-state index contributed by atoms with van der Waals surface area (Å²) in [6.07, 6.45) is 0.330. The molecule has 1 aromatic carbocycles. The fourth-order valence-electron chi connectivity index (χ4n) is 1.70. The molecule has 6 heteroatoms. The van der Waals surface area contributed by atoms with Crippen LogP contribution in [-0.2, 0) is 6.61 Å². The van der Waals surface area contributed by atoms with E-state index in [1.165, 1.54) is 16.2 Å². The molecule has 0 radical (unpaired) electrons. The highest BCUT2D eigenvalue weighted by Crippen LogP contribution is 2.15. The summed E-state index contributed by atoms with van der Waals surface area (Å²) < 4.78 is 5.59. The smallest absolute Gasteiger partial charge is 0.253 e. The number of aromatic nitrogens is 1. The Hall–Kier alpha value is -2.39. The SMILES string of the molecule is CN(CCC#N)C(=O)c1ccc(OCc2cscn2)cc1. The third kappa shape index (κ3) is 4.29. The second-order valence-electron chi connectivity index (χ2n) is 4.43. The minimum atomic E-state index is -0.101. The molecule has 0 unspecified atom stereocenters. The van der Waals surface area contributed by atoms with Gasteiger partial charge in [-0.2, -0.15) is 5.26 Å². The molecule has 5 nitrogen and oxygen atoms in total. The summed E-state index contributed by atoms with van der Waals surface area (Å²) in [6, 6.07) is 9.00. The van der Waals surface area contributed by atoms with Crippen LogP contribution in [0.4, 0.5) is 0 Å². The minimum absolute atomic E-state index is 0.101. The van der Waals surface area contributed by atoms with E-state index in [0.717, 1.165) is 5.69 Å². The molecule has 1 aromatic heterocycles. The van der Waals surface area contributed by atoms with Gasteiger partial charge < -0.3 is 9.64 Å². The lowest BCUT2D eigenvalue weighted by molar-refractivity contribution is 0.0798. The summed E-state index contributed by atoms with van der Waals surface area (Å²) in [6.45, 7) is 0.844. The first kappa shape index (κ1) is 15.0. The van der Waals surface area contributed by atoms with Crippen LogP contribution in [0.2, 0.25) is 0 Å². The average Bonchev–Trinajstić information content (AvgIpc) is 3.04. The molecule has 0 aliphatic rings. The lowest BCUT2D eigenvalue weighted by Gasteiger charge is -2.15. The molecular formula is C15H15N3O2S. The van der Waals surface area contributed by atoms with Gasteiger partial charge in [0.25, 0.3) is 5.91 Å². The molecule has 0 fully saturated rings. The molecule has 2 aromatic rings. The van der Waals surface area contributed by atoms with Gasteiger partial charge in [-0.25, -0.2) is 4.98 Å². The van der Waals surface area contributed by atoms with Gasteiger partial charge in [-0.05, 0) is 24.3 Å². The maximum Gasteiger partial charge on any atom is 0.253 e. The molecule has 108 valence electrons. The van der Waals surface area contributed by atoms with Crippen LogP contribution in [0.15, 0.2) is 35.2 Å². The Morgan fingerprint density at radius 1 is 1.43 bits per heavy atom. The van der Waals surface area contributed by atoms with Gasteiger partial charge in [0.15, 0.2) is 0 Å². The third-order valence-electron chi connectivity index (χ3n) is 2.88. The summed E-state index contributed by atoms with van der Waals surface area (Å²) in [5.41, 5.74) is 3.23. The summed E-state index contributed by atoms with van der Waals surface area (Å²) in [7, 11) is 1.69. The minimum Gasteiger partial charge on any atom is -0.487 e. The van der Waals surface area contributed by atoms with Gasteiger partial charge in [-0.3, -0.25) is 4.79 Å². The summed E-state index contributed by atoms with van der Waals surface area (Å²) in [5.74, 6) is 0.593. The highest BCUT2D eigenvalue weighted by atomic mass is 32.1. The largest absolute Gasteiger partial charge is 0.487 e. The molecule has 1 heterocycles. The number of hydrogen-bond acceptors (Lipinski definition) is 5. The summed E-state index contributed by atoms with van der Waals surface area (Å²) >= 11 is 1.53. The molecule has 1 amide bonds. The second-order valence-corrected chi connectivity index (χ2v) is 5.15. The molecule has 0 aliphatic heterocycles. The average molecular weight is 301 g/mol. The van der Waals surface area contributed by atoms with Crippen molar-refractivity contribution in [2.24, 2.45) is 0 Å². The first-order valence-corrected chi connectivity index (χ1v) is 7.37. The van der Waals surface area contributed by atoms with Gasteiger partial charge in [0.1, 0.15) is 12.4 Å². The molecule has 21 heavy (non-hydrogen) atoms. The molecule has 0 bridgehead atoms. The van der Waals surface area contributed by atoms with Crippen molar-refractivity contribution in [3.05, 3.63) is 46.4 Å². The first-order valence-electron chi connectivity index (χ1n) is 6.43. The predicted octanol–water partition coefficient (Wildman–Crippen LogP) is 2.71. The first-order chi connectivity index (χ1) is 10.2. The number of rotatable bonds is 6. The van der Waals surface area contributed by atoms with Gasteiger partial charge >= 0.3 is 0 Å². The zero-order valence-electron chi connectivity index (χ0n) is 11.7. The normalized spacial score (nSPS) is 9.90. The van der Waals surface area contributed by atoms with Crippen LogP contribution in [0.3, 0.4) is 0 Å². The van der Waals surface area contributed by atoms with E-state index in [1.54, 1.807) is 36.8 Å². The van der Waals surface area contributed by atoms with Gasteiger partial charge in [0.2, 0.25) is 0 Å². The van der Waals surface area contributed by atoms with E-state index >= 15 is 0 Å². The summed E-state index contributed by atoms with van der Waals surface area (Å²) in [4.78, 5) is 17.7. The molecular weight excluding hydrogens is 286 g/mol. The van der Waals surface area contributed by atoms with E-state index in [-0.39, 0.29) is 5.91 Å². The maximum atomic E-state index is 12.1. The van der Waals surface area contributed by atoms with Crippen molar-refractivity contribution in [2.45, 2.75) is 13.0 Å². The predicted molar refractivity (Wildman–Crippen MR) is 80.1 cm³/mol. The fraction of sp³-hybridized carbons (Fsp3) is 0.267. The Morgan fingerprint density at radius 2 is 2.19 bits per heavy atom. The summed E-state index contributed by atoms with van der Waals surface area (Å²) in [5, 5.41) is 10.5. The fourth-order valence-corrected chi connectivity index (χ4v) is 2.24. The van der Waals surface area contributed by atoms with Crippen molar-refractivity contribution in [1.29, 1.82) is 5.26 Å². The van der Waals surface area contributed by atoms with Crippen LogP contribution in [0.25, 0.3) is 0 Å². The zero-order valence-corrected chi connectivity index (χ0v) is 12.5. The number of nitriles is 1. The Kier molecular flexibility index (Phi) is 5.29. The topological polar surface area (TPSA) is 66.2 Å².